The smallest absolute Gasteiger partial charge is 0.222 e. The predicted octanol–water partition coefficient (Wildman–Crippen LogP) is 1.55. The van der Waals surface area contributed by atoms with E-state index >= 15 is 0 Å². The average Bonchev–Trinajstić information content (AvgIpc) is 2.76. The molecule has 0 unspecified atom stereocenters. The molecule has 1 aliphatic carbocycles. The van der Waals surface area contributed by atoms with Crippen molar-refractivity contribution in [2.45, 2.75) is 89.3 Å². The van der Waals surface area contributed by atoms with Crippen LogP contribution in [0.2, 0.25) is 0 Å². The summed E-state index contributed by atoms with van der Waals surface area (Å²) in [5, 5.41) is 13.8. The summed E-state index contributed by atoms with van der Waals surface area (Å²) in [6, 6.07) is 0.102. The molecular formula is C19H35N3O3. The van der Waals surface area contributed by atoms with Gasteiger partial charge in [-0.15, -0.1) is 0 Å². The summed E-state index contributed by atoms with van der Waals surface area (Å²) in [5.41, 5.74) is 5.30. The van der Waals surface area contributed by atoms with Crippen molar-refractivity contribution in [3.63, 3.8) is 0 Å². The van der Waals surface area contributed by atoms with Crippen molar-refractivity contribution in [1.82, 2.24) is 10.2 Å². The van der Waals surface area contributed by atoms with E-state index in [1.54, 1.807) is 4.90 Å². The average molecular weight is 354 g/mol. The van der Waals surface area contributed by atoms with Crippen LogP contribution in [0.3, 0.4) is 0 Å². The Kier molecular flexibility index (Phi) is 8.16. The number of β-amino-alcohol motifs (C(OH)–C–C–N with tert-alkyl or cyclic N) is 1. The second kappa shape index (κ2) is 10.1. The fraction of sp³-hybridized carbons (Fsp3) is 0.895. The normalized spacial score (nSPS) is 28.3. The first kappa shape index (κ1) is 20.2. The molecule has 6 nitrogen and oxygen atoms in total. The molecule has 1 saturated carbocycles. The molecule has 1 aliphatic heterocycles. The molecule has 2 aliphatic rings. The summed E-state index contributed by atoms with van der Waals surface area (Å²) in [4.78, 5) is 25.8. The summed E-state index contributed by atoms with van der Waals surface area (Å²) in [6.07, 6.45) is 8.95. The van der Waals surface area contributed by atoms with Gasteiger partial charge in [-0.05, 0) is 32.1 Å². The van der Waals surface area contributed by atoms with Crippen LogP contribution in [0.5, 0.6) is 0 Å². The van der Waals surface area contributed by atoms with E-state index in [0.29, 0.717) is 31.5 Å². The van der Waals surface area contributed by atoms with Crippen LogP contribution >= 0.6 is 0 Å². The van der Waals surface area contributed by atoms with Crippen molar-refractivity contribution in [1.29, 1.82) is 0 Å². The first-order valence-corrected chi connectivity index (χ1v) is 9.96. The van der Waals surface area contributed by atoms with Gasteiger partial charge in [0.2, 0.25) is 11.8 Å². The summed E-state index contributed by atoms with van der Waals surface area (Å²) in [7, 11) is 0. The van der Waals surface area contributed by atoms with E-state index in [-0.39, 0.29) is 18.4 Å². The third-order valence-electron chi connectivity index (χ3n) is 5.83. The van der Waals surface area contributed by atoms with E-state index in [2.05, 4.69) is 12.2 Å². The van der Waals surface area contributed by atoms with Crippen molar-refractivity contribution in [3.8, 4) is 0 Å². The van der Waals surface area contributed by atoms with Gasteiger partial charge in [-0.25, -0.2) is 0 Å². The second-order valence-corrected chi connectivity index (χ2v) is 7.87. The van der Waals surface area contributed by atoms with Gasteiger partial charge in [0.1, 0.15) is 0 Å². The van der Waals surface area contributed by atoms with Crippen molar-refractivity contribution >= 4 is 11.8 Å². The fourth-order valence-electron chi connectivity index (χ4n) is 4.19. The van der Waals surface area contributed by atoms with E-state index in [4.69, 9.17) is 5.73 Å². The van der Waals surface area contributed by atoms with Gasteiger partial charge in [0.05, 0.1) is 12.1 Å². The van der Waals surface area contributed by atoms with E-state index < -0.39 is 12.0 Å². The fourth-order valence-corrected chi connectivity index (χ4v) is 4.19. The van der Waals surface area contributed by atoms with Gasteiger partial charge in [0, 0.05) is 32.0 Å². The highest BCUT2D eigenvalue weighted by molar-refractivity contribution is 5.78. The monoisotopic (exact) mass is 353 g/mol. The van der Waals surface area contributed by atoms with Gasteiger partial charge in [-0.1, -0.05) is 32.1 Å². The Morgan fingerprint density at radius 1 is 1.12 bits per heavy atom. The number of rotatable bonds is 7. The minimum atomic E-state index is -0.601. The molecule has 1 saturated heterocycles. The molecule has 3 atom stereocenters. The van der Waals surface area contributed by atoms with Crippen LogP contribution in [0, 0.1) is 5.92 Å². The number of aliphatic hydroxyl groups is 1. The molecule has 4 N–H and O–H groups in total. The number of nitrogens with zero attached hydrogens (tertiary/aromatic N) is 1. The molecule has 144 valence electrons. The van der Waals surface area contributed by atoms with Gasteiger partial charge < -0.3 is 21.1 Å². The van der Waals surface area contributed by atoms with Gasteiger partial charge in [0.15, 0.2) is 0 Å². The van der Waals surface area contributed by atoms with Crippen molar-refractivity contribution in [2.24, 2.45) is 11.7 Å². The maximum Gasteiger partial charge on any atom is 0.222 e. The number of carbonyl (C=O) groups excluding carboxylic acids is 2. The Hall–Kier alpha value is -1.14. The molecule has 0 aromatic heterocycles. The number of hydrogen-bond acceptors (Lipinski definition) is 4. The lowest BCUT2D eigenvalue weighted by molar-refractivity contribution is -0.137. The largest absolute Gasteiger partial charge is 0.390 e. The topological polar surface area (TPSA) is 95.7 Å². The maximum atomic E-state index is 12.9. The lowest BCUT2D eigenvalue weighted by Crippen LogP contribution is -2.49. The van der Waals surface area contributed by atoms with Crippen LogP contribution in [0.25, 0.3) is 0 Å². The lowest BCUT2D eigenvalue weighted by Gasteiger charge is -2.34. The molecule has 0 aromatic carbocycles. The zero-order valence-electron chi connectivity index (χ0n) is 15.6. The third-order valence-corrected chi connectivity index (χ3v) is 5.83. The molecular weight excluding hydrogens is 318 g/mol. The zero-order chi connectivity index (χ0) is 18.2. The third kappa shape index (κ3) is 6.59. The molecule has 2 rings (SSSR count). The minimum absolute atomic E-state index is 0.0606. The van der Waals surface area contributed by atoms with Crippen LogP contribution in [-0.4, -0.2) is 53.1 Å². The molecule has 0 aromatic rings. The molecule has 0 radical (unpaired) electrons. The molecule has 2 fully saturated rings. The zero-order valence-corrected chi connectivity index (χ0v) is 15.6. The van der Waals surface area contributed by atoms with Gasteiger partial charge in [0.25, 0.3) is 0 Å². The summed E-state index contributed by atoms with van der Waals surface area (Å²) in [6.45, 7) is 2.89. The van der Waals surface area contributed by atoms with E-state index in [1.165, 1.54) is 32.1 Å². The van der Waals surface area contributed by atoms with Gasteiger partial charge in [-0.3, -0.25) is 9.59 Å². The number of aliphatic hydroxyl groups excluding tert-OH is 1. The number of amides is 2. The highest BCUT2D eigenvalue weighted by Gasteiger charge is 2.32. The number of nitrogens with one attached hydrogen (secondary N) is 1. The first-order chi connectivity index (χ1) is 12.0. The van der Waals surface area contributed by atoms with E-state index in [1.807, 2.05) is 0 Å². The lowest BCUT2D eigenvalue weighted by atomic mass is 9.86. The Labute approximate surface area is 151 Å². The molecule has 0 bridgehead atoms. The second-order valence-electron chi connectivity index (χ2n) is 7.87. The minimum Gasteiger partial charge on any atom is -0.390 e. The van der Waals surface area contributed by atoms with Crippen molar-refractivity contribution in [2.75, 3.05) is 13.1 Å². The SMILES string of the molecule is C[C@@H]1CC[C@H](N(CCC(N)=O)C(=O)CCC2CCCCC2)[C@@H](O)CN1. The Morgan fingerprint density at radius 2 is 1.84 bits per heavy atom. The molecule has 0 spiro atoms. The maximum absolute atomic E-state index is 12.9. The van der Waals surface area contributed by atoms with Crippen molar-refractivity contribution < 1.29 is 14.7 Å². The van der Waals surface area contributed by atoms with Crippen LogP contribution in [0.15, 0.2) is 0 Å². The highest BCUT2D eigenvalue weighted by atomic mass is 16.3. The summed E-state index contributed by atoms with van der Waals surface area (Å²) in [5.74, 6) is 0.307. The quantitative estimate of drug-likeness (QED) is 0.647. The Morgan fingerprint density at radius 3 is 2.52 bits per heavy atom. The molecule has 1 heterocycles. The van der Waals surface area contributed by atoms with Gasteiger partial charge >= 0.3 is 0 Å². The standard InChI is InChI=1S/C19H35N3O3/c1-14-7-9-16(17(23)13-21-14)22(12-11-18(20)24)19(25)10-8-15-5-3-2-4-6-15/h14-17,21,23H,2-13H2,1H3,(H2,20,24)/t14-,16+,17+/m1/s1. The van der Waals surface area contributed by atoms with Crippen LogP contribution in [0.4, 0.5) is 0 Å². The Balaban J connectivity index is 1.97. The summed E-state index contributed by atoms with van der Waals surface area (Å²) >= 11 is 0. The van der Waals surface area contributed by atoms with Crippen LogP contribution < -0.4 is 11.1 Å². The number of nitrogens with two attached hydrogens (primary N) is 1. The predicted molar refractivity (Wildman–Crippen MR) is 97.8 cm³/mol. The van der Waals surface area contributed by atoms with Gasteiger partial charge in [-0.2, -0.15) is 0 Å². The number of hydrogen-bond donors (Lipinski definition) is 3. The van der Waals surface area contributed by atoms with Crippen molar-refractivity contribution in [3.05, 3.63) is 0 Å². The number of primary amides is 1. The highest BCUT2D eigenvalue weighted by Crippen LogP contribution is 2.28. The summed E-state index contributed by atoms with van der Waals surface area (Å²) < 4.78 is 0. The number of carbonyl (C=O) groups is 2. The Bertz CT molecular complexity index is 438. The van der Waals surface area contributed by atoms with E-state index in [0.717, 1.165) is 19.3 Å². The molecule has 2 amide bonds. The molecule has 25 heavy (non-hydrogen) atoms. The van der Waals surface area contributed by atoms with Crippen LogP contribution in [-0.2, 0) is 9.59 Å². The first-order valence-electron chi connectivity index (χ1n) is 9.96. The van der Waals surface area contributed by atoms with Crippen LogP contribution in [0.1, 0.15) is 71.1 Å². The van der Waals surface area contributed by atoms with E-state index in [9.17, 15) is 14.7 Å². The molecule has 6 heteroatoms.